The van der Waals surface area contributed by atoms with Crippen molar-refractivity contribution in [2.45, 2.75) is 25.6 Å². The van der Waals surface area contributed by atoms with Gasteiger partial charge in [0, 0.05) is 12.6 Å². The van der Waals surface area contributed by atoms with Crippen molar-refractivity contribution in [2.24, 2.45) is 5.73 Å². The number of nitrogens with one attached hydrogen (secondary N) is 1. The Morgan fingerprint density at radius 1 is 1.58 bits per heavy atom. The van der Waals surface area contributed by atoms with E-state index in [0.29, 0.717) is 0 Å². The Balaban J connectivity index is 3.75. The lowest BCUT2D eigenvalue weighted by atomic mass is 10.3. The molecule has 0 aliphatic carbocycles. The molecule has 0 heterocycles. The molecular formula is C6H11F3N2O. The molecule has 0 aromatic heterocycles. The minimum absolute atomic E-state index is 0.129. The first kappa shape index (κ1) is 11.2. The fourth-order valence-corrected chi connectivity index (χ4v) is 0.567. The Morgan fingerprint density at radius 3 is 2.42 bits per heavy atom. The van der Waals surface area contributed by atoms with Crippen molar-refractivity contribution in [1.82, 2.24) is 5.32 Å². The van der Waals surface area contributed by atoms with Gasteiger partial charge in [0.2, 0.25) is 5.91 Å². The summed E-state index contributed by atoms with van der Waals surface area (Å²) < 4.78 is 34.7. The lowest BCUT2D eigenvalue weighted by Crippen LogP contribution is -2.39. The van der Waals surface area contributed by atoms with Crippen LogP contribution in [-0.2, 0) is 4.79 Å². The van der Waals surface area contributed by atoms with E-state index in [1.807, 2.05) is 0 Å². The highest BCUT2D eigenvalue weighted by Crippen LogP contribution is 2.18. The van der Waals surface area contributed by atoms with E-state index in [9.17, 15) is 18.0 Å². The molecule has 0 spiro atoms. The van der Waals surface area contributed by atoms with Crippen molar-refractivity contribution >= 4 is 5.91 Å². The second kappa shape index (κ2) is 4.30. The minimum Gasteiger partial charge on any atom is -0.352 e. The van der Waals surface area contributed by atoms with Gasteiger partial charge >= 0.3 is 6.18 Å². The molecule has 0 saturated carbocycles. The molecule has 0 rings (SSSR count). The van der Waals surface area contributed by atoms with Crippen LogP contribution in [0.3, 0.4) is 0 Å². The smallest absolute Gasteiger partial charge is 0.352 e. The Bertz CT molecular complexity index is 157. The van der Waals surface area contributed by atoms with Crippen LogP contribution in [0.1, 0.15) is 13.3 Å². The highest BCUT2D eigenvalue weighted by Gasteiger charge is 2.31. The standard InChI is InChI=1S/C6H11F3N2O/c1-4(3-10)11-5(12)2-6(7,8)9/h4H,2-3,10H2,1H3,(H,11,12). The van der Waals surface area contributed by atoms with Crippen LogP contribution in [0, 0.1) is 0 Å². The van der Waals surface area contributed by atoms with Crippen molar-refractivity contribution in [1.29, 1.82) is 0 Å². The van der Waals surface area contributed by atoms with Gasteiger partial charge < -0.3 is 11.1 Å². The van der Waals surface area contributed by atoms with Crippen LogP contribution < -0.4 is 11.1 Å². The van der Waals surface area contributed by atoms with Crippen molar-refractivity contribution < 1.29 is 18.0 Å². The highest BCUT2D eigenvalue weighted by molar-refractivity contribution is 5.76. The molecule has 0 radical (unpaired) electrons. The normalized spacial score (nSPS) is 14.1. The number of hydrogen-bond donors (Lipinski definition) is 2. The maximum absolute atomic E-state index is 11.6. The molecule has 3 N–H and O–H groups in total. The number of nitrogens with two attached hydrogens (primary N) is 1. The summed E-state index contributed by atoms with van der Waals surface area (Å²) >= 11 is 0. The zero-order chi connectivity index (χ0) is 9.78. The second-order valence-corrected chi connectivity index (χ2v) is 2.50. The summed E-state index contributed by atoms with van der Waals surface area (Å²) in [7, 11) is 0. The van der Waals surface area contributed by atoms with E-state index in [-0.39, 0.29) is 6.54 Å². The predicted molar refractivity (Wildman–Crippen MR) is 37.3 cm³/mol. The van der Waals surface area contributed by atoms with Gasteiger partial charge in [-0.25, -0.2) is 0 Å². The lowest BCUT2D eigenvalue weighted by molar-refractivity contribution is -0.154. The topological polar surface area (TPSA) is 55.1 Å². The minimum atomic E-state index is -4.45. The van der Waals surface area contributed by atoms with Crippen molar-refractivity contribution in [3.8, 4) is 0 Å². The molecule has 6 heteroatoms. The predicted octanol–water partition coefficient (Wildman–Crippen LogP) is 0.402. The summed E-state index contributed by atoms with van der Waals surface area (Å²) in [6, 6.07) is -0.417. The number of carbonyl (C=O) groups excluding carboxylic acids is 1. The maximum atomic E-state index is 11.6. The van der Waals surface area contributed by atoms with Gasteiger partial charge in [-0.15, -0.1) is 0 Å². The molecule has 0 fully saturated rings. The number of amides is 1. The molecule has 1 atom stereocenters. The third-order valence-corrected chi connectivity index (χ3v) is 1.12. The summed E-state index contributed by atoms with van der Waals surface area (Å²) in [5.41, 5.74) is 5.09. The first-order chi connectivity index (χ1) is 5.35. The van der Waals surface area contributed by atoms with E-state index in [1.54, 1.807) is 0 Å². The van der Waals surface area contributed by atoms with Crippen LogP contribution in [-0.4, -0.2) is 24.7 Å². The zero-order valence-electron chi connectivity index (χ0n) is 6.61. The summed E-state index contributed by atoms with van der Waals surface area (Å²) in [4.78, 5) is 10.5. The first-order valence-corrected chi connectivity index (χ1v) is 3.41. The third-order valence-electron chi connectivity index (χ3n) is 1.12. The van der Waals surface area contributed by atoms with Gasteiger partial charge in [0.05, 0.1) is 0 Å². The Hall–Kier alpha value is -0.780. The number of carbonyl (C=O) groups is 1. The van der Waals surface area contributed by atoms with E-state index in [2.05, 4.69) is 5.32 Å². The molecule has 1 unspecified atom stereocenters. The van der Waals surface area contributed by atoms with Gasteiger partial charge in [-0.2, -0.15) is 13.2 Å². The SMILES string of the molecule is CC(CN)NC(=O)CC(F)(F)F. The number of rotatable bonds is 3. The number of halogens is 3. The summed E-state index contributed by atoms with van der Waals surface area (Å²) in [5.74, 6) is -1.04. The molecule has 0 aromatic carbocycles. The van der Waals surface area contributed by atoms with Crippen LogP contribution >= 0.6 is 0 Å². The van der Waals surface area contributed by atoms with E-state index in [0.717, 1.165) is 0 Å². The maximum Gasteiger partial charge on any atom is 0.397 e. The molecule has 0 aliphatic heterocycles. The molecule has 0 aliphatic rings. The van der Waals surface area contributed by atoms with Gasteiger partial charge in [0.15, 0.2) is 0 Å². The van der Waals surface area contributed by atoms with Gasteiger partial charge in [0.1, 0.15) is 6.42 Å². The molecule has 12 heavy (non-hydrogen) atoms. The Labute approximate surface area is 68.1 Å². The molecule has 72 valence electrons. The Kier molecular flexibility index (Phi) is 4.02. The van der Waals surface area contributed by atoms with Crippen LogP contribution in [0.4, 0.5) is 13.2 Å². The molecule has 3 nitrogen and oxygen atoms in total. The van der Waals surface area contributed by atoms with E-state index < -0.39 is 24.5 Å². The average Bonchev–Trinajstić information content (AvgIpc) is 1.82. The Morgan fingerprint density at radius 2 is 2.08 bits per heavy atom. The third kappa shape index (κ3) is 5.96. The molecule has 0 saturated heterocycles. The van der Waals surface area contributed by atoms with E-state index >= 15 is 0 Å². The molecule has 1 amide bonds. The lowest BCUT2D eigenvalue weighted by Gasteiger charge is -2.12. The van der Waals surface area contributed by atoms with Crippen molar-refractivity contribution in [3.05, 3.63) is 0 Å². The fourth-order valence-electron chi connectivity index (χ4n) is 0.567. The van der Waals surface area contributed by atoms with Crippen LogP contribution in [0.15, 0.2) is 0 Å². The first-order valence-electron chi connectivity index (χ1n) is 3.41. The van der Waals surface area contributed by atoms with Crippen molar-refractivity contribution in [3.63, 3.8) is 0 Å². The molecule has 0 aromatic rings. The van der Waals surface area contributed by atoms with E-state index in [1.165, 1.54) is 6.92 Å². The highest BCUT2D eigenvalue weighted by atomic mass is 19.4. The number of alkyl halides is 3. The van der Waals surface area contributed by atoms with Gasteiger partial charge in [-0.1, -0.05) is 0 Å². The van der Waals surface area contributed by atoms with Crippen LogP contribution in [0.5, 0.6) is 0 Å². The monoisotopic (exact) mass is 184 g/mol. The molecule has 0 bridgehead atoms. The largest absolute Gasteiger partial charge is 0.397 e. The molecular weight excluding hydrogens is 173 g/mol. The fraction of sp³-hybridized carbons (Fsp3) is 0.833. The second-order valence-electron chi connectivity index (χ2n) is 2.50. The quantitative estimate of drug-likeness (QED) is 0.667. The van der Waals surface area contributed by atoms with Crippen molar-refractivity contribution in [2.75, 3.05) is 6.54 Å². The number of hydrogen-bond acceptors (Lipinski definition) is 2. The van der Waals surface area contributed by atoms with Crippen LogP contribution in [0.2, 0.25) is 0 Å². The van der Waals surface area contributed by atoms with Gasteiger partial charge in [-0.3, -0.25) is 4.79 Å². The summed E-state index contributed by atoms with van der Waals surface area (Å²) in [6.07, 6.45) is -5.89. The summed E-state index contributed by atoms with van der Waals surface area (Å²) in [5, 5.41) is 2.10. The van der Waals surface area contributed by atoms with Gasteiger partial charge in [0.25, 0.3) is 0 Å². The average molecular weight is 184 g/mol. The van der Waals surface area contributed by atoms with Gasteiger partial charge in [-0.05, 0) is 6.92 Å². The summed E-state index contributed by atoms with van der Waals surface area (Å²) in [6.45, 7) is 1.66. The van der Waals surface area contributed by atoms with E-state index in [4.69, 9.17) is 5.73 Å². The van der Waals surface area contributed by atoms with Crippen LogP contribution in [0.25, 0.3) is 0 Å². The zero-order valence-corrected chi connectivity index (χ0v) is 6.61.